The summed E-state index contributed by atoms with van der Waals surface area (Å²) in [5.41, 5.74) is 2.69. The first kappa shape index (κ1) is 28.4. The molecule has 0 atom stereocenters. The van der Waals surface area contributed by atoms with Crippen LogP contribution in [0.3, 0.4) is 0 Å². The lowest BCUT2D eigenvalue weighted by Crippen LogP contribution is -2.43. The van der Waals surface area contributed by atoms with E-state index >= 15 is 0 Å². The molecule has 0 saturated carbocycles. The van der Waals surface area contributed by atoms with Crippen LogP contribution in [0.1, 0.15) is 46.1 Å². The van der Waals surface area contributed by atoms with Gasteiger partial charge in [-0.1, -0.05) is 11.3 Å². The van der Waals surface area contributed by atoms with E-state index in [1.165, 1.54) is 11.3 Å². The average Bonchev–Trinajstić information content (AvgIpc) is 3.35. The number of hydrogen-bond acceptors (Lipinski definition) is 9. The van der Waals surface area contributed by atoms with Gasteiger partial charge in [-0.25, -0.2) is 19.7 Å². The number of carboxylic acids is 1. The number of thiazole rings is 1. The Morgan fingerprint density at radius 3 is 2.44 bits per heavy atom. The molecule has 1 fully saturated rings. The van der Waals surface area contributed by atoms with Crippen molar-refractivity contribution in [3.05, 3.63) is 48.4 Å². The Bertz CT molecular complexity index is 1590. The summed E-state index contributed by atoms with van der Waals surface area (Å²) in [5.74, 6) is -0.210. The topological polar surface area (TPSA) is 153 Å². The first-order valence-corrected chi connectivity index (χ1v) is 14.3. The summed E-state index contributed by atoms with van der Waals surface area (Å²) in [4.78, 5) is 44.2. The molecular formula is C29H33N7O4S. The third-order valence-corrected chi connectivity index (χ3v) is 8.45. The van der Waals surface area contributed by atoms with Crippen molar-refractivity contribution < 1.29 is 19.8 Å². The summed E-state index contributed by atoms with van der Waals surface area (Å²) in [6, 6.07) is 7.22. The number of aromatic nitrogens is 4. The Labute approximate surface area is 241 Å². The van der Waals surface area contributed by atoms with Crippen LogP contribution in [-0.4, -0.2) is 61.8 Å². The van der Waals surface area contributed by atoms with Crippen molar-refractivity contribution in [3.8, 4) is 22.4 Å². The standard InChI is InChI=1S/C29H33N7O4S/c1-5-30-26(39)35-27-34-22-13-17(12-20(23(22)41-27)21-14-19(6-9-31-21)28(2,3)40)18-15-32-25(33-16-18)36-10-7-29(4,8-11-36)24(37)38/h6,9,12-16,40H,5,7-8,10-11H2,1-4H3,(H,37,38)(H2,30,34,35,39). The number of pyridine rings is 1. The van der Waals surface area contributed by atoms with Crippen LogP contribution in [0.25, 0.3) is 32.6 Å². The van der Waals surface area contributed by atoms with Gasteiger partial charge in [-0.05, 0) is 75.9 Å². The maximum atomic E-state index is 12.2. The van der Waals surface area contributed by atoms with Crippen LogP contribution in [0.2, 0.25) is 0 Å². The average molecular weight is 576 g/mol. The number of carbonyl (C=O) groups excluding carboxylic acids is 1. The van der Waals surface area contributed by atoms with Gasteiger partial charge in [0.15, 0.2) is 5.13 Å². The lowest BCUT2D eigenvalue weighted by Gasteiger charge is -2.36. The molecule has 1 saturated heterocycles. The Morgan fingerprint density at radius 2 is 1.80 bits per heavy atom. The zero-order chi connectivity index (χ0) is 29.4. The molecule has 1 aliphatic heterocycles. The van der Waals surface area contributed by atoms with E-state index in [4.69, 9.17) is 0 Å². The number of nitrogens with zero attached hydrogens (tertiary/aromatic N) is 5. The number of aliphatic hydroxyl groups is 1. The van der Waals surface area contributed by atoms with Crippen molar-refractivity contribution in [2.45, 2.75) is 46.1 Å². The summed E-state index contributed by atoms with van der Waals surface area (Å²) in [7, 11) is 0. The fraction of sp³-hybridized carbons (Fsp3) is 0.379. The summed E-state index contributed by atoms with van der Waals surface area (Å²) in [5, 5.41) is 26.1. The molecule has 12 heteroatoms. The molecule has 4 aromatic rings. The van der Waals surface area contributed by atoms with Gasteiger partial charge < -0.3 is 20.4 Å². The lowest BCUT2D eigenvalue weighted by atomic mass is 9.80. The van der Waals surface area contributed by atoms with E-state index in [-0.39, 0.29) is 6.03 Å². The Kier molecular flexibility index (Phi) is 7.62. The van der Waals surface area contributed by atoms with Gasteiger partial charge in [-0.2, -0.15) is 0 Å². The van der Waals surface area contributed by atoms with E-state index in [2.05, 4.69) is 30.6 Å². The van der Waals surface area contributed by atoms with Gasteiger partial charge in [-0.15, -0.1) is 0 Å². The summed E-state index contributed by atoms with van der Waals surface area (Å²) >= 11 is 1.35. The van der Waals surface area contributed by atoms with E-state index in [1.807, 2.05) is 30.0 Å². The number of rotatable bonds is 7. The molecule has 0 aliphatic carbocycles. The van der Waals surface area contributed by atoms with Gasteiger partial charge in [0.05, 0.1) is 26.9 Å². The minimum absolute atomic E-state index is 0.333. The van der Waals surface area contributed by atoms with E-state index in [1.54, 1.807) is 45.4 Å². The fourth-order valence-electron chi connectivity index (χ4n) is 4.75. The van der Waals surface area contributed by atoms with Crippen LogP contribution < -0.4 is 15.5 Å². The zero-order valence-electron chi connectivity index (χ0n) is 23.4. The highest BCUT2D eigenvalue weighted by molar-refractivity contribution is 7.22. The number of carbonyl (C=O) groups is 2. The van der Waals surface area contributed by atoms with Gasteiger partial charge in [0, 0.05) is 49.4 Å². The smallest absolute Gasteiger partial charge is 0.321 e. The SMILES string of the molecule is CCNC(=O)Nc1nc2cc(-c3cnc(N4CCC(C)(C(=O)O)CC4)nc3)cc(-c3cc(C(C)(C)O)ccn3)c2s1. The van der Waals surface area contributed by atoms with Crippen LogP contribution in [-0.2, 0) is 10.4 Å². The van der Waals surface area contributed by atoms with E-state index in [0.29, 0.717) is 54.8 Å². The number of nitrogens with one attached hydrogen (secondary N) is 2. The molecule has 41 heavy (non-hydrogen) atoms. The summed E-state index contributed by atoms with van der Waals surface area (Å²) in [6.45, 7) is 8.71. The van der Waals surface area contributed by atoms with Gasteiger partial charge in [0.1, 0.15) is 0 Å². The van der Waals surface area contributed by atoms with Crippen molar-refractivity contribution >= 4 is 44.6 Å². The number of amides is 2. The first-order chi connectivity index (χ1) is 19.5. The van der Waals surface area contributed by atoms with Crippen LogP contribution >= 0.6 is 11.3 Å². The zero-order valence-corrected chi connectivity index (χ0v) is 24.2. The van der Waals surface area contributed by atoms with Crippen molar-refractivity contribution in [3.63, 3.8) is 0 Å². The molecule has 11 nitrogen and oxygen atoms in total. The third-order valence-electron chi connectivity index (χ3n) is 7.43. The Balaban J connectivity index is 1.51. The number of carboxylic acid groups (broad SMARTS) is 1. The van der Waals surface area contributed by atoms with E-state index < -0.39 is 17.0 Å². The maximum Gasteiger partial charge on any atom is 0.321 e. The van der Waals surface area contributed by atoms with Crippen LogP contribution in [0.15, 0.2) is 42.9 Å². The summed E-state index contributed by atoms with van der Waals surface area (Å²) < 4.78 is 0.841. The number of urea groups is 1. The predicted molar refractivity (Wildman–Crippen MR) is 159 cm³/mol. The number of piperidine rings is 1. The molecule has 214 valence electrons. The molecule has 0 unspecified atom stereocenters. The molecule has 5 rings (SSSR count). The normalized spacial score (nSPS) is 15.1. The Hall–Kier alpha value is -4.16. The minimum Gasteiger partial charge on any atom is -0.481 e. The largest absolute Gasteiger partial charge is 0.481 e. The van der Waals surface area contributed by atoms with E-state index in [0.717, 1.165) is 27.0 Å². The molecule has 4 heterocycles. The maximum absolute atomic E-state index is 12.2. The fourth-order valence-corrected chi connectivity index (χ4v) is 5.71. The van der Waals surface area contributed by atoms with Crippen LogP contribution in [0.4, 0.5) is 15.9 Å². The predicted octanol–water partition coefficient (Wildman–Crippen LogP) is 4.88. The second-order valence-corrected chi connectivity index (χ2v) is 12.0. The van der Waals surface area contributed by atoms with Gasteiger partial charge >= 0.3 is 12.0 Å². The molecular weight excluding hydrogens is 542 g/mol. The van der Waals surface area contributed by atoms with Gasteiger partial charge in [0.25, 0.3) is 0 Å². The van der Waals surface area contributed by atoms with Crippen molar-refractivity contribution in [2.75, 3.05) is 29.9 Å². The highest BCUT2D eigenvalue weighted by Crippen LogP contribution is 2.39. The second-order valence-electron chi connectivity index (χ2n) is 11.0. The molecule has 1 aromatic carbocycles. The molecule has 1 aliphatic rings. The quantitative estimate of drug-likeness (QED) is 0.242. The number of benzene rings is 1. The lowest BCUT2D eigenvalue weighted by molar-refractivity contribution is -0.149. The van der Waals surface area contributed by atoms with E-state index in [9.17, 15) is 19.8 Å². The highest BCUT2D eigenvalue weighted by Gasteiger charge is 2.37. The third kappa shape index (κ3) is 5.98. The number of aliphatic carboxylic acids is 1. The molecule has 2 amide bonds. The second kappa shape index (κ2) is 11.0. The molecule has 4 N–H and O–H groups in total. The molecule has 0 spiro atoms. The first-order valence-electron chi connectivity index (χ1n) is 13.5. The van der Waals surface area contributed by atoms with Crippen LogP contribution in [0.5, 0.6) is 0 Å². The van der Waals surface area contributed by atoms with Crippen LogP contribution in [0, 0.1) is 5.41 Å². The molecule has 0 bridgehead atoms. The molecule has 3 aromatic heterocycles. The molecule has 0 radical (unpaired) electrons. The number of fused-ring (bicyclic) bond motifs is 1. The van der Waals surface area contributed by atoms with Gasteiger partial charge in [0.2, 0.25) is 5.95 Å². The summed E-state index contributed by atoms with van der Waals surface area (Å²) in [6.07, 6.45) is 6.22. The highest BCUT2D eigenvalue weighted by atomic mass is 32.1. The number of hydrogen-bond donors (Lipinski definition) is 4. The van der Waals surface area contributed by atoms with Crippen molar-refractivity contribution in [1.82, 2.24) is 25.3 Å². The monoisotopic (exact) mass is 575 g/mol. The van der Waals surface area contributed by atoms with Gasteiger partial charge in [-0.3, -0.25) is 15.1 Å². The minimum atomic E-state index is -1.05. The number of anilines is 2. The Morgan fingerprint density at radius 1 is 1.10 bits per heavy atom. The van der Waals surface area contributed by atoms with Crippen molar-refractivity contribution in [2.24, 2.45) is 5.41 Å². The van der Waals surface area contributed by atoms with Crippen molar-refractivity contribution in [1.29, 1.82) is 0 Å².